The highest BCUT2D eigenvalue weighted by Crippen LogP contribution is 2.24. The minimum Gasteiger partial charge on any atom is -0.383 e. The lowest BCUT2D eigenvalue weighted by Crippen LogP contribution is -2.40. The fourth-order valence-electron chi connectivity index (χ4n) is 3.01. The van der Waals surface area contributed by atoms with Gasteiger partial charge in [0.2, 0.25) is 5.91 Å². The number of carbonyl (C=O) groups excluding carboxylic acids is 1. The Morgan fingerprint density at radius 1 is 1.40 bits per heavy atom. The predicted molar refractivity (Wildman–Crippen MR) is 82.7 cm³/mol. The Labute approximate surface area is 124 Å². The van der Waals surface area contributed by atoms with Crippen molar-refractivity contribution in [3.63, 3.8) is 0 Å². The summed E-state index contributed by atoms with van der Waals surface area (Å²) in [6.07, 6.45) is 6.35. The second-order valence-corrected chi connectivity index (χ2v) is 6.13. The van der Waals surface area contributed by atoms with Crippen molar-refractivity contribution >= 4 is 5.91 Å². The third kappa shape index (κ3) is 6.71. The maximum absolute atomic E-state index is 12.2. The van der Waals surface area contributed by atoms with Gasteiger partial charge >= 0.3 is 0 Å². The topological polar surface area (TPSA) is 50.4 Å². The number of methoxy groups -OCH3 is 1. The molecule has 0 radical (unpaired) electrons. The van der Waals surface area contributed by atoms with Crippen molar-refractivity contribution in [2.75, 3.05) is 26.8 Å². The molecule has 0 saturated carbocycles. The normalized spacial score (nSPS) is 19.6. The lowest BCUT2D eigenvalue weighted by atomic mass is 9.84. The second kappa shape index (κ2) is 10.2. The minimum atomic E-state index is 0.174. The summed E-state index contributed by atoms with van der Waals surface area (Å²) in [6.45, 7) is 7.20. The van der Waals surface area contributed by atoms with Crippen molar-refractivity contribution in [2.24, 2.45) is 11.8 Å². The summed E-state index contributed by atoms with van der Waals surface area (Å²) >= 11 is 0. The first-order valence-corrected chi connectivity index (χ1v) is 8.16. The smallest absolute Gasteiger partial charge is 0.220 e. The van der Waals surface area contributed by atoms with E-state index in [1.807, 2.05) is 0 Å². The molecule has 118 valence electrons. The Kier molecular flexibility index (Phi) is 8.86. The van der Waals surface area contributed by atoms with E-state index in [0.29, 0.717) is 24.9 Å². The Morgan fingerprint density at radius 2 is 2.10 bits per heavy atom. The Balaban J connectivity index is 2.31. The van der Waals surface area contributed by atoms with Gasteiger partial charge in [0.25, 0.3) is 0 Å². The molecular weight excluding hydrogens is 252 g/mol. The van der Waals surface area contributed by atoms with Gasteiger partial charge in [0.15, 0.2) is 0 Å². The maximum Gasteiger partial charge on any atom is 0.220 e. The number of hydrogen-bond acceptors (Lipinski definition) is 3. The summed E-state index contributed by atoms with van der Waals surface area (Å²) in [7, 11) is 1.70. The van der Waals surface area contributed by atoms with Gasteiger partial charge < -0.3 is 15.4 Å². The standard InChI is InChI=1S/C16H32N2O2/c1-4-5-6-15(12-20-3)18-16(19)11-13(2)14-7-9-17-10-8-14/h13-15,17H,4-12H2,1-3H3,(H,18,19). The molecule has 1 aliphatic rings. The van der Waals surface area contributed by atoms with Crippen LogP contribution in [0.25, 0.3) is 0 Å². The number of amides is 1. The van der Waals surface area contributed by atoms with Gasteiger partial charge in [0.05, 0.1) is 12.6 Å². The largest absolute Gasteiger partial charge is 0.383 e. The first-order valence-electron chi connectivity index (χ1n) is 8.16. The van der Waals surface area contributed by atoms with Crippen molar-refractivity contribution in [3.05, 3.63) is 0 Å². The van der Waals surface area contributed by atoms with Crippen LogP contribution in [0.1, 0.15) is 52.4 Å². The van der Waals surface area contributed by atoms with Gasteiger partial charge in [-0.3, -0.25) is 4.79 Å². The molecule has 4 heteroatoms. The van der Waals surface area contributed by atoms with Gasteiger partial charge in [-0.05, 0) is 44.2 Å². The van der Waals surface area contributed by atoms with Crippen LogP contribution in [0.4, 0.5) is 0 Å². The van der Waals surface area contributed by atoms with E-state index in [1.54, 1.807) is 7.11 Å². The third-order valence-corrected chi connectivity index (χ3v) is 4.34. The van der Waals surface area contributed by atoms with Crippen LogP contribution in [0.3, 0.4) is 0 Å². The molecule has 2 unspecified atom stereocenters. The highest BCUT2D eigenvalue weighted by atomic mass is 16.5. The molecule has 0 aliphatic carbocycles. The molecule has 0 spiro atoms. The van der Waals surface area contributed by atoms with E-state index in [4.69, 9.17) is 4.74 Å². The number of unbranched alkanes of at least 4 members (excludes halogenated alkanes) is 1. The monoisotopic (exact) mass is 284 g/mol. The molecule has 2 N–H and O–H groups in total. The van der Waals surface area contributed by atoms with E-state index >= 15 is 0 Å². The van der Waals surface area contributed by atoms with Crippen LogP contribution in [-0.2, 0) is 9.53 Å². The molecule has 0 bridgehead atoms. The molecule has 0 aromatic rings. The average Bonchev–Trinajstić information content (AvgIpc) is 2.45. The highest BCUT2D eigenvalue weighted by Gasteiger charge is 2.22. The molecule has 1 fully saturated rings. The van der Waals surface area contributed by atoms with Crippen molar-refractivity contribution in [1.82, 2.24) is 10.6 Å². The van der Waals surface area contributed by atoms with Crippen LogP contribution in [0, 0.1) is 11.8 Å². The molecule has 2 atom stereocenters. The molecule has 4 nitrogen and oxygen atoms in total. The van der Waals surface area contributed by atoms with Crippen LogP contribution in [0.5, 0.6) is 0 Å². The van der Waals surface area contributed by atoms with Crippen LogP contribution < -0.4 is 10.6 Å². The molecule has 1 heterocycles. The average molecular weight is 284 g/mol. The fourth-order valence-corrected chi connectivity index (χ4v) is 3.01. The molecule has 0 aromatic heterocycles. The second-order valence-electron chi connectivity index (χ2n) is 6.13. The van der Waals surface area contributed by atoms with E-state index in [-0.39, 0.29) is 11.9 Å². The number of nitrogens with one attached hydrogen (secondary N) is 2. The van der Waals surface area contributed by atoms with Crippen LogP contribution >= 0.6 is 0 Å². The van der Waals surface area contributed by atoms with E-state index in [2.05, 4.69) is 24.5 Å². The Morgan fingerprint density at radius 3 is 2.70 bits per heavy atom. The fraction of sp³-hybridized carbons (Fsp3) is 0.938. The summed E-state index contributed by atoms with van der Waals surface area (Å²) in [4.78, 5) is 12.2. The predicted octanol–water partition coefficient (Wildman–Crippen LogP) is 2.33. The molecule has 20 heavy (non-hydrogen) atoms. The summed E-state index contributed by atoms with van der Waals surface area (Å²) < 4.78 is 5.20. The zero-order chi connectivity index (χ0) is 14.8. The van der Waals surface area contributed by atoms with E-state index < -0.39 is 0 Å². The van der Waals surface area contributed by atoms with Gasteiger partial charge in [-0.1, -0.05) is 26.7 Å². The van der Waals surface area contributed by atoms with Crippen LogP contribution in [-0.4, -0.2) is 38.8 Å². The van der Waals surface area contributed by atoms with Crippen molar-refractivity contribution in [1.29, 1.82) is 0 Å². The van der Waals surface area contributed by atoms with Crippen LogP contribution in [0.2, 0.25) is 0 Å². The molecule has 1 saturated heterocycles. The lowest BCUT2D eigenvalue weighted by Gasteiger charge is -2.28. The minimum absolute atomic E-state index is 0.174. The van der Waals surface area contributed by atoms with Crippen molar-refractivity contribution in [3.8, 4) is 0 Å². The zero-order valence-corrected chi connectivity index (χ0v) is 13.4. The lowest BCUT2D eigenvalue weighted by molar-refractivity contribution is -0.123. The van der Waals surface area contributed by atoms with Crippen molar-refractivity contribution in [2.45, 2.75) is 58.4 Å². The number of ether oxygens (including phenoxy) is 1. The first kappa shape index (κ1) is 17.4. The van der Waals surface area contributed by atoms with Gasteiger partial charge in [-0.15, -0.1) is 0 Å². The quantitative estimate of drug-likeness (QED) is 0.683. The summed E-state index contributed by atoms with van der Waals surface area (Å²) in [5.74, 6) is 1.36. The summed E-state index contributed by atoms with van der Waals surface area (Å²) in [5.41, 5.74) is 0. The van der Waals surface area contributed by atoms with Crippen LogP contribution in [0.15, 0.2) is 0 Å². The van der Waals surface area contributed by atoms with E-state index in [1.165, 1.54) is 12.8 Å². The number of piperidine rings is 1. The highest BCUT2D eigenvalue weighted by molar-refractivity contribution is 5.76. The molecule has 0 aromatic carbocycles. The molecule has 1 rings (SSSR count). The Hall–Kier alpha value is -0.610. The van der Waals surface area contributed by atoms with Gasteiger partial charge in [0, 0.05) is 13.5 Å². The third-order valence-electron chi connectivity index (χ3n) is 4.34. The van der Waals surface area contributed by atoms with Gasteiger partial charge in [-0.25, -0.2) is 0 Å². The summed E-state index contributed by atoms with van der Waals surface area (Å²) in [6, 6.07) is 0.174. The molecule has 1 aliphatic heterocycles. The zero-order valence-electron chi connectivity index (χ0n) is 13.4. The number of hydrogen-bond donors (Lipinski definition) is 2. The number of rotatable bonds is 9. The summed E-state index contributed by atoms with van der Waals surface area (Å²) in [5, 5.41) is 6.52. The van der Waals surface area contributed by atoms with Gasteiger partial charge in [0.1, 0.15) is 0 Å². The SMILES string of the molecule is CCCCC(COC)NC(=O)CC(C)C1CCNCC1. The van der Waals surface area contributed by atoms with Crippen molar-refractivity contribution < 1.29 is 9.53 Å². The van der Waals surface area contributed by atoms with Gasteiger partial charge in [-0.2, -0.15) is 0 Å². The maximum atomic E-state index is 12.2. The Bertz CT molecular complexity index is 259. The van der Waals surface area contributed by atoms with E-state index in [9.17, 15) is 4.79 Å². The molecular formula is C16H32N2O2. The van der Waals surface area contributed by atoms with E-state index in [0.717, 1.165) is 32.4 Å². The molecule has 1 amide bonds. The number of carbonyl (C=O) groups is 1. The first-order chi connectivity index (χ1) is 9.67.